The fourth-order valence-electron chi connectivity index (χ4n) is 2.76. The summed E-state index contributed by atoms with van der Waals surface area (Å²) in [5.41, 5.74) is 2.03. The molecule has 0 aromatic heterocycles. The number of benzene rings is 1. The van der Waals surface area contributed by atoms with Crippen molar-refractivity contribution in [3.63, 3.8) is 0 Å². The Morgan fingerprint density at radius 3 is 2.50 bits per heavy atom. The van der Waals surface area contributed by atoms with Crippen molar-refractivity contribution in [2.75, 3.05) is 6.54 Å². The van der Waals surface area contributed by atoms with Gasteiger partial charge in [-0.25, -0.2) is 0 Å². The maximum atomic E-state index is 12.6. The Bertz CT molecular complexity index is 408. The highest BCUT2D eigenvalue weighted by Gasteiger charge is 2.29. The van der Waals surface area contributed by atoms with Crippen molar-refractivity contribution in [2.24, 2.45) is 5.92 Å². The lowest BCUT2D eigenvalue weighted by Crippen LogP contribution is -2.46. The lowest BCUT2D eigenvalue weighted by Gasteiger charge is -2.38. The number of hydrogen-bond acceptors (Lipinski definition) is 1. The lowest BCUT2D eigenvalue weighted by atomic mass is 9.92. The van der Waals surface area contributed by atoms with Crippen molar-refractivity contribution < 1.29 is 4.79 Å². The van der Waals surface area contributed by atoms with Gasteiger partial charge in [-0.2, -0.15) is 0 Å². The fourth-order valence-corrected chi connectivity index (χ4v) is 2.76. The van der Waals surface area contributed by atoms with E-state index in [0.717, 1.165) is 24.9 Å². The third-order valence-electron chi connectivity index (χ3n) is 3.88. The molecule has 0 saturated carbocycles. The van der Waals surface area contributed by atoms with Gasteiger partial charge in [0.15, 0.2) is 0 Å². The molecule has 1 aliphatic heterocycles. The molecule has 1 saturated heterocycles. The van der Waals surface area contributed by atoms with Gasteiger partial charge in [0.25, 0.3) is 5.91 Å². The molecule has 1 aromatic rings. The van der Waals surface area contributed by atoms with Crippen LogP contribution in [-0.2, 0) is 0 Å². The molecule has 0 bridgehead atoms. The van der Waals surface area contributed by atoms with E-state index in [0.29, 0.717) is 12.0 Å². The van der Waals surface area contributed by atoms with E-state index in [9.17, 15) is 4.79 Å². The predicted molar refractivity (Wildman–Crippen MR) is 74.7 cm³/mol. The highest BCUT2D eigenvalue weighted by molar-refractivity contribution is 5.94. The largest absolute Gasteiger partial charge is 0.335 e. The van der Waals surface area contributed by atoms with Gasteiger partial charge in [0.2, 0.25) is 0 Å². The molecule has 1 heterocycles. The van der Waals surface area contributed by atoms with E-state index < -0.39 is 0 Å². The summed E-state index contributed by atoms with van der Waals surface area (Å²) in [6.07, 6.45) is 3.54. The molecule has 1 fully saturated rings. The molecule has 2 rings (SSSR count). The van der Waals surface area contributed by atoms with Crippen molar-refractivity contribution in [3.05, 3.63) is 35.4 Å². The van der Waals surface area contributed by atoms with E-state index >= 15 is 0 Å². The molecule has 1 amide bonds. The molecule has 0 spiro atoms. The summed E-state index contributed by atoms with van der Waals surface area (Å²) in [6, 6.07) is 8.34. The highest BCUT2D eigenvalue weighted by Crippen LogP contribution is 2.24. The normalized spacial score (nSPS) is 20.2. The van der Waals surface area contributed by atoms with Crippen LogP contribution < -0.4 is 0 Å². The summed E-state index contributed by atoms with van der Waals surface area (Å²) in [4.78, 5) is 14.6. The average Bonchev–Trinajstić information content (AvgIpc) is 2.39. The molecule has 2 heteroatoms. The van der Waals surface area contributed by atoms with Crippen LogP contribution in [-0.4, -0.2) is 23.4 Å². The van der Waals surface area contributed by atoms with E-state index in [-0.39, 0.29) is 5.91 Å². The van der Waals surface area contributed by atoms with E-state index in [1.807, 2.05) is 31.2 Å². The lowest BCUT2D eigenvalue weighted by molar-refractivity contribution is 0.0543. The topological polar surface area (TPSA) is 20.3 Å². The molecular formula is C16H23NO. The van der Waals surface area contributed by atoms with Crippen molar-refractivity contribution in [2.45, 2.75) is 46.1 Å². The van der Waals surface area contributed by atoms with Crippen molar-refractivity contribution in [1.29, 1.82) is 0 Å². The van der Waals surface area contributed by atoms with Crippen LogP contribution in [0.1, 0.15) is 49.0 Å². The molecule has 98 valence electrons. The number of hydrogen-bond donors (Lipinski definition) is 0. The summed E-state index contributed by atoms with van der Waals surface area (Å²) in [5, 5.41) is 0. The molecule has 1 aliphatic rings. The standard InChI is InChI=1S/C16H23NO/c1-12(2)15-6-4-5-11-17(15)16(18)14-9-7-13(3)8-10-14/h7-10,12,15H,4-6,11H2,1-3H3. The Hall–Kier alpha value is -1.31. The summed E-state index contributed by atoms with van der Waals surface area (Å²) < 4.78 is 0. The average molecular weight is 245 g/mol. The minimum Gasteiger partial charge on any atom is -0.335 e. The SMILES string of the molecule is Cc1ccc(C(=O)N2CCCCC2C(C)C)cc1. The van der Waals surface area contributed by atoms with Gasteiger partial charge in [-0.3, -0.25) is 4.79 Å². The summed E-state index contributed by atoms with van der Waals surface area (Å²) in [6.45, 7) is 7.39. The van der Waals surface area contributed by atoms with Crippen molar-refractivity contribution >= 4 is 5.91 Å². The van der Waals surface area contributed by atoms with E-state index in [1.165, 1.54) is 12.0 Å². The van der Waals surface area contributed by atoms with Crippen LogP contribution in [0.5, 0.6) is 0 Å². The minimum absolute atomic E-state index is 0.202. The molecular weight excluding hydrogens is 222 g/mol. The van der Waals surface area contributed by atoms with Gasteiger partial charge < -0.3 is 4.90 Å². The zero-order chi connectivity index (χ0) is 13.1. The molecule has 1 atom stereocenters. The number of piperidine rings is 1. The Labute approximate surface area is 110 Å². The van der Waals surface area contributed by atoms with Gasteiger partial charge in [-0.05, 0) is 44.2 Å². The molecule has 0 radical (unpaired) electrons. The van der Waals surface area contributed by atoms with Crippen LogP contribution in [0, 0.1) is 12.8 Å². The maximum Gasteiger partial charge on any atom is 0.254 e. The molecule has 2 nitrogen and oxygen atoms in total. The first-order valence-electron chi connectivity index (χ1n) is 6.97. The highest BCUT2D eigenvalue weighted by atomic mass is 16.2. The van der Waals surface area contributed by atoms with Crippen molar-refractivity contribution in [1.82, 2.24) is 4.90 Å². The van der Waals surface area contributed by atoms with Gasteiger partial charge in [0.05, 0.1) is 0 Å². The van der Waals surface area contributed by atoms with Crippen LogP contribution in [0.25, 0.3) is 0 Å². The minimum atomic E-state index is 0.202. The zero-order valence-corrected chi connectivity index (χ0v) is 11.6. The molecule has 1 aromatic carbocycles. The van der Waals surface area contributed by atoms with Crippen LogP contribution in [0.4, 0.5) is 0 Å². The molecule has 0 aliphatic carbocycles. The number of nitrogens with zero attached hydrogens (tertiary/aromatic N) is 1. The van der Waals surface area contributed by atoms with Crippen LogP contribution >= 0.6 is 0 Å². The first-order chi connectivity index (χ1) is 8.59. The number of likely N-dealkylation sites (tertiary alicyclic amines) is 1. The quantitative estimate of drug-likeness (QED) is 0.779. The predicted octanol–water partition coefficient (Wildman–Crippen LogP) is 3.65. The van der Waals surface area contributed by atoms with Gasteiger partial charge in [0, 0.05) is 18.2 Å². The number of carbonyl (C=O) groups excluding carboxylic acids is 1. The van der Waals surface area contributed by atoms with Crippen LogP contribution in [0.2, 0.25) is 0 Å². The number of amides is 1. The Morgan fingerprint density at radius 1 is 1.22 bits per heavy atom. The second-order valence-corrected chi connectivity index (χ2v) is 5.67. The van der Waals surface area contributed by atoms with Gasteiger partial charge in [0.1, 0.15) is 0 Å². The zero-order valence-electron chi connectivity index (χ0n) is 11.6. The third kappa shape index (κ3) is 2.74. The Kier molecular flexibility index (Phi) is 4.05. The number of carbonyl (C=O) groups is 1. The van der Waals surface area contributed by atoms with Gasteiger partial charge >= 0.3 is 0 Å². The van der Waals surface area contributed by atoms with Gasteiger partial charge in [-0.1, -0.05) is 31.5 Å². The second-order valence-electron chi connectivity index (χ2n) is 5.67. The maximum absolute atomic E-state index is 12.6. The Balaban J connectivity index is 2.18. The fraction of sp³-hybridized carbons (Fsp3) is 0.562. The number of rotatable bonds is 2. The second kappa shape index (κ2) is 5.55. The molecule has 18 heavy (non-hydrogen) atoms. The summed E-state index contributed by atoms with van der Waals surface area (Å²) in [5.74, 6) is 0.744. The molecule has 0 N–H and O–H groups in total. The summed E-state index contributed by atoms with van der Waals surface area (Å²) >= 11 is 0. The Morgan fingerprint density at radius 2 is 1.89 bits per heavy atom. The third-order valence-corrected chi connectivity index (χ3v) is 3.88. The number of aryl methyl sites for hydroxylation is 1. The van der Waals surface area contributed by atoms with E-state index in [1.54, 1.807) is 0 Å². The monoisotopic (exact) mass is 245 g/mol. The van der Waals surface area contributed by atoms with Crippen LogP contribution in [0.3, 0.4) is 0 Å². The molecule has 1 unspecified atom stereocenters. The van der Waals surface area contributed by atoms with E-state index in [4.69, 9.17) is 0 Å². The first-order valence-corrected chi connectivity index (χ1v) is 6.97. The smallest absolute Gasteiger partial charge is 0.254 e. The van der Waals surface area contributed by atoms with E-state index in [2.05, 4.69) is 18.7 Å². The van der Waals surface area contributed by atoms with Crippen molar-refractivity contribution in [3.8, 4) is 0 Å². The first kappa shape index (κ1) is 13.1. The summed E-state index contributed by atoms with van der Waals surface area (Å²) in [7, 11) is 0. The van der Waals surface area contributed by atoms with Crippen LogP contribution in [0.15, 0.2) is 24.3 Å². The van der Waals surface area contributed by atoms with Gasteiger partial charge in [-0.15, -0.1) is 0 Å².